The van der Waals surface area contributed by atoms with E-state index in [1.54, 1.807) is 5.20 Å². The van der Waals surface area contributed by atoms with Gasteiger partial charge in [0.05, 0.1) is 0 Å². The van der Waals surface area contributed by atoms with Crippen LogP contribution in [0, 0.1) is 12.1 Å². The van der Waals surface area contributed by atoms with Crippen LogP contribution < -0.4 is 24.8 Å². The van der Waals surface area contributed by atoms with E-state index in [-0.39, 0.29) is 35.6 Å². The Bertz CT molecular complexity index is 1550. The van der Waals surface area contributed by atoms with Gasteiger partial charge >= 0.3 is 99.2 Å². The van der Waals surface area contributed by atoms with E-state index in [0.29, 0.717) is 0 Å². The maximum atomic E-state index is 3.53. The standard InChI is InChI=1S/C21H25.C13H10.C8H13Si.2ClH.Zr/c1-20(2,3)16-9-7-14-11-15-8-10-17(21(4,5)6)13-19(15)18(14)12-16;1-3-7-12(8-4-1)11-13-9-5-2-6-10-13;1-9(2,3)8-6-4-5-7-8;;;/h7,9-10,12-13H,11H2,1-6H3;1-10H;6-7H,4H2,1-3H3;2*1H;/q-1;;-1;;;+2/p-2. The Morgan fingerprint density at radius 1 is 0.696 bits per heavy atom. The van der Waals surface area contributed by atoms with Crippen LogP contribution in [0.25, 0.3) is 11.1 Å². The van der Waals surface area contributed by atoms with Crippen LogP contribution in [0.15, 0.2) is 108 Å². The van der Waals surface area contributed by atoms with Gasteiger partial charge in [-0.25, -0.2) is 11.3 Å². The predicted octanol–water partition coefficient (Wildman–Crippen LogP) is 5.02. The van der Waals surface area contributed by atoms with Crippen molar-refractivity contribution in [3.63, 3.8) is 0 Å². The van der Waals surface area contributed by atoms with Crippen molar-refractivity contribution in [3.05, 3.63) is 154 Å². The van der Waals surface area contributed by atoms with Crippen molar-refractivity contribution in [2.24, 2.45) is 0 Å². The zero-order chi connectivity index (χ0) is 32.1. The van der Waals surface area contributed by atoms with E-state index in [2.05, 4.69) is 176 Å². The molecular weight excluding hydrogens is 695 g/mol. The van der Waals surface area contributed by atoms with E-state index >= 15 is 0 Å². The average molecular weight is 743 g/mol. The molecule has 0 saturated carbocycles. The first-order chi connectivity index (χ1) is 20.6. The Labute approximate surface area is 308 Å². The van der Waals surface area contributed by atoms with E-state index in [1.807, 2.05) is 0 Å². The zero-order valence-corrected chi connectivity index (χ0v) is 34.0. The molecule has 0 bridgehead atoms. The van der Waals surface area contributed by atoms with Gasteiger partial charge in [0.25, 0.3) is 0 Å². The summed E-state index contributed by atoms with van der Waals surface area (Å²) in [5.41, 5.74) is 11.4. The summed E-state index contributed by atoms with van der Waals surface area (Å²) in [5, 5.41) is 1.56. The molecule has 0 spiro atoms. The molecule has 0 unspecified atom stereocenters. The molecule has 0 atom stereocenters. The Balaban J connectivity index is 0.000000256. The second kappa shape index (κ2) is 16.8. The fourth-order valence-corrected chi connectivity index (χ4v) is 7.35. The van der Waals surface area contributed by atoms with Gasteiger partial charge in [0.15, 0.2) is 0 Å². The SMILES string of the molecule is CC(C)(C)c1c[c-]c2c(c1)-c1cc(C(C)(C)C)ccc1C2.C[Si](C)(C)C1=CC[C-]=C1.[Cl-].[Cl-].[Zr+2]=[C](c1ccccc1)c1ccccc1. The number of rotatable bonds is 3. The van der Waals surface area contributed by atoms with E-state index in [9.17, 15) is 0 Å². The molecule has 0 N–H and O–H groups in total. The van der Waals surface area contributed by atoms with E-state index < -0.39 is 8.07 Å². The molecular formula is C42H48Cl2SiZr-2. The monoisotopic (exact) mass is 740 g/mol. The molecule has 0 amide bonds. The Morgan fingerprint density at radius 3 is 1.65 bits per heavy atom. The Kier molecular flexibility index (Phi) is 14.7. The van der Waals surface area contributed by atoms with Crippen molar-refractivity contribution < 1.29 is 49.0 Å². The van der Waals surface area contributed by atoms with Gasteiger partial charge in [0.2, 0.25) is 0 Å². The molecule has 4 heteroatoms. The molecule has 0 aromatic heterocycles. The second-order valence-corrected chi connectivity index (χ2v) is 21.2. The van der Waals surface area contributed by atoms with Crippen LogP contribution in [-0.2, 0) is 41.5 Å². The molecule has 240 valence electrons. The van der Waals surface area contributed by atoms with Gasteiger partial charge in [-0.1, -0.05) is 95.9 Å². The van der Waals surface area contributed by atoms with E-state index in [0.717, 1.165) is 12.8 Å². The summed E-state index contributed by atoms with van der Waals surface area (Å²) >= 11 is 1.46. The number of allylic oxidation sites excluding steroid dienone is 4. The van der Waals surface area contributed by atoms with E-state index in [1.165, 1.54) is 71.9 Å². The number of benzene rings is 4. The van der Waals surface area contributed by atoms with Gasteiger partial charge in [-0.2, -0.15) is 35.4 Å². The molecule has 0 aliphatic heterocycles. The molecule has 2 aliphatic carbocycles. The first kappa shape index (κ1) is 40.1. The molecule has 4 aromatic rings. The van der Waals surface area contributed by atoms with Gasteiger partial charge in [-0.15, -0.1) is 12.0 Å². The number of hydrogen-bond acceptors (Lipinski definition) is 0. The fourth-order valence-electron chi connectivity index (χ4n) is 5.28. The third kappa shape index (κ3) is 10.7. The molecule has 0 fully saturated rings. The molecule has 4 aromatic carbocycles. The Hall–Kier alpha value is -2.09. The molecule has 0 nitrogen and oxygen atoms in total. The molecule has 2 aliphatic rings. The van der Waals surface area contributed by atoms with Crippen LogP contribution in [-0.4, -0.2) is 11.3 Å². The fraction of sp³-hybridized carbons (Fsp3) is 0.310. The quantitative estimate of drug-likeness (QED) is 0.180. The first-order valence-corrected chi connectivity index (χ1v) is 20.5. The number of hydrogen-bond donors (Lipinski definition) is 0. The molecule has 46 heavy (non-hydrogen) atoms. The van der Waals surface area contributed by atoms with Gasteiger partial charge in [0, 0.05) is 0 Å². The van der Waals surface area contributed by atoms with Crippen molar-refractivity contribution in [3.8, 4) is 11.1 Å². The van der Waals surface area contributed by atoms with Crippen molar-refractivity contribution in [1.29, 1.82) is 0 Å². The van der Waals surface area contributed by atoms with Gasteiger partial charge in [-0.3, -0.25) is 6.08 Å². The summed E-state index contributed by atoms with van der Waals surface area (Å²) in [6.45, 7) is 20.7. The van der Waals surface area contributed by atoms with Gasteiger partial charge in [0.1, 0.15) is 0 Å². The summed E-state index contributed by atoms with van der Waals surface area (Å²) < 4.78 is 1.42. The molecule has 0 saturated heterocycles. The van der Waals surface area contributed by atoms with Crippen LogP contribution in [0.2, 0.25) is 19.6 Å². The van der Waals surface area contributed by atoms with Crippen molar-refractivity contribution in [2.45, 2.75) is 84.9 Å². The van der Waals surface area contributed by atoms with Crippen LogP contribution >= 0.6 is 0 Å². The van der Waals surface area contributed by atoms with Crippen molar-refractivity contribution in [1.82, 2.24) is 0 Å². The third-order valence-corrected chi connectivity index (χ3v) is 11.7. The summed E-state index contributed by atoms with van der Waals surface area (Å²) in [5.74, 6) is 0. The Morgan fingerprint density at radius 2 is 1.22 bits per heavy atom. The summed E-state index contributed by atoms with van der Waals surface area (Å²) in [7, 11) is -0.981. The van der Waals surface area contributed by atoms with Crippen LogP contribution in [0.1, 0.15) is 81.3 Å². The third-order valence-electron chi connectivity index (χ3n) is 8.21. The van der Waals surface area contributed by atoms with Crippen molar-refractivity contribution >= 4 is 11.3 Å². The van der Waals surface area contributed by atoms with E-state index in [4.69, 9.17) is 0 Å². The minimum atomic E-state index is -0.981. The second-order valence-electron chi connectivity index (χ2n) is 14.9. The topological polar surface area (TPSA) is 0 Å². The first-order valence-electron chi connectivity index (χ1n) is 15.8. The number of fused-ring (bicyclic) bond motifs is 3. The maximum absolute atomic E-state index is 3.53. The summed E-state index contributed by atoms with van der Waals surface area (Å²) in [6, 6.07) is 36.2. The number of halogens is 2. The van der Waals surface area contributed by atoms with Crippen molar-refractivity contribution in [2.75, 3.05) is 0 Å². The molecule has 0 heterocycles. The van der Waals surface area contributed by atoms with Gasteiger partial charge in [-0.05, 0) is 25.5 Å². The van der Waals surface area contributed by atoms with Crippen LogP contribution in [0.5, 0.6) is 0 Å². The predicted molar refractivity (Wildman–Crippen MR) is 191 cm³/mol. The minimum absolute atomic E-state index is 0. The normalized spacial score (nSPS) is 13.0. The van der Waals surface area contributed by atoms with Crippen LogP contribution in [0.3, 0.4) is 0 Å². The average Bonchev–Trinajstić information content (AvgIpc) is 3.66. The summed E-state index contributed by atoms with van der Waals surface area (Å²) in [6.07, 6.45) is 9.72. The molecule has 0 radical (unpaired) electrons. The molecule has 6 rings (SSSR count). The zero-order valence-electron chi connectivity index (χ0n) is 29.0. The van der Waals surface area contributed by atoms with Gasteiger partial charge < -0.3 is 24.8 Å². The van der Waals surface area contributed by atoms with Crippen LogP contribution in [0.4, 0.5) is 0 Å². The summed E-state index contributed by atoms with van der Waals surface area (Å²) in [4.78, 5) is 0.